The molecular formula is C16H19ClN4O2S. The number of aromatic nitrogens is 1. The van der Waals surface area contributed by atoms with Crippen molar-refractivity contribution in [3.8, 4) is 0 Å². The SMILES string of the molecule is CC1CC(NC(=O)c2csc(CN)n2)C(=O)N1c1ccccc1.Cl. The highest BCUT2D eigenvalue weighted by Crippen LogP contribution is 2.26. The van der Waals surface area contributed by atoms with Gasteiger partial charge in [-0.15, -0.1) is 23.7 Å². The van der Waals surface area contributed by atoms with Crippen LogP contribution in [-0.2, 0) is 11.3 Å². The molecule has 1 aliphatic rings. The molecule has 6 nitrogen and oxygen atoms in total. The number of carbonyl (C=O) groups is 2. The predicted octanol–water partition coefficient (Wildman–Crippen LogP) is 1.95. The first-order chi connectivity index (χ1) is 11.1. The number of hydrogen-bond acceptors (Lipinski definition) is 5. The molecule has 0 radical (unpaired) electrons. The molecule has 1 aromatic carbocycles. The maximum absolute atomic E-state index is 12.6. The van der Waals surface area contributed by atoms with Gasteiger partial charge in [0.2, 0.25) is 5.91 Å². The fourth-order valence-electron chi connectivity index (χ4n) is 2.76. The zero-order valence-electron chi connectivity index (χ0n) is 13.1. The highest BCUT2D eigenvalue weighted by atomic mass is 35.5. The normalized spacial score (nSPS) is 19.9. The largest absolute Gasteiger partial charge is 0.339 e. The minimum Gasteiger partial charge on any atom is -0.339 e. The van der Waals surface area contributed by atoms with Crippen LogP contribution in [0.1, 0.15) is 28.8 Å². The third-order valence-corrected chi connectivity index (χ3v) is 4.72. The van der Waals surface area contributed by atoms with E-state index in [0.29, 0.717) is 23.7 Å². The monoisotopic (exact) mass is 366 g/mol. The summed E-state index contributed by atoms with van der Waals surface area (Å²) in [5.74, 6) is -0.423. The summed E-state index contributed by atoms with van der Waals surface area (Å²) in [7, 11) is 0. The molecule has 3 rings (SSSR count). The number of thiazole rings is 1. The molecule has 8 heteroatoms. The summed E-state index contributed by atoms with van der Waals surface area (Å²) in [6, 6.07) is 8.99. The number of nitrogens with two attached hydrogens (primary N) is 1. The molecule has 1 fully saturated rings. The van der Waals surface area contributed by atoms with Gasteiger partial charge in [-0.2, -0.15) is 0 Å². The van der Waals surface area contributed by atoms with Crippen molar-refractivity contribution < 1.29 is 9.59 Å². The molecule has 0 aliphatic carbocycles. The van der Waals surface area contributed by atoms with E-state index in [-0.39, 0.29) is 30.3 Å². The van der Waals surface area contributed by atoms with Gasteiger partial charge in [0.25, 0.3) is 5.91 Å². The lowest BCUT2D eigenvalue weighted by Gasteiger charge is -2.21. The van der Waals surface area contributed by atoms with Crippen LogP contribution in [0.5, 0.6) is 0 Å². The Kier molecular flexibility index (Phi) is 5.93. The van der Waals surface area contributed by atoms with Crippen molar-refractivity contribution in [1.82, 2.24) is 10.3 Å². The number of hydrogen-bond donors (Lipinski definition) is 2. The molecule has 1 aromatic heterocycles. The number of halogens is 1. The standard InChI is InChI=1S/C16H18N4O2S.ClH/c1-10-7-12(16(22)20(10)11-5-3-2-4-6-11)19-15(21)13-9-23-14(8-17)18-13;/h2-6,9-10,12H,7-8,17H2,1H3,(H,19,21);1H. The highest BCUT2D eigenvalue weighted by molar-refractivity contribution is 7.09. The van der Waals surface area contributed by atoms with Crippen molar-refractivity contribution in [1.29, 1.82) is 0 Å². The number of amides is 2. The Labute approximate surface area is 150 Å². The number of anilines is 1. The zero-order valence-corrected chi connectivity index (χ0v) is 14.8. The number of para-hydroxylation sites is 1. The fraction of sp³-hybridized carbons (Fsp3) is 0.312. The molecule has 2 heterocycles. The van der Waals surface area contributed by atoms with E-state index in [4.69, 9.17) is 5.73 Å². The van der Waals surface area contributed by atoms with Crippen LogP contribution in [-0.4, -0.2) is 28.9 Å². The van der Waals surface area contributed by atoms with Gasteiger partial charge in [-0.3, -0.25) is 9.59 Å². The number of nitrogens with one attached hydrogen (secondary N) is 1. The average Bonchev–Trinajstić information content (AvgIpc) is 3.14. The van der Waals surface area contributed by atoms with Gasteiger partial charge in [-0.1, -0.05) is 18.2 Å². The zero-order chi connectivity index (χ0) is 16.4. The summed E-state index contributed by atoms with van der Waals surface area (Å²) >= 11 is 1.34. The molecule has 0 saturated carbocycles. The Hall–Kier alpha value is -1.96. The van der Waals surface area contributed by atoms with Crippen LogP contribution in [0.2, 0.25) is 0 Å². The third-order valence-electron chi connectivity index (χ3n) is 3.85. The van der Waals surface area contributed by atoms with Gasteiger partial charge in [-0.05, 0) is 25.5 Å². The van der Waals surface area contributed by atoms with E-state index in [1.165, 1.54) is 11.3 Å². The number of rotatable bonds is 4. The second-order valence-corrected chi connectivity index (χ2v) is 6.43. The Morgan fingerprint density at radius 3 is 2.75 bits per heavy atom. The van der Waals surface area contributed by atoms with E-state index >= 15 is 0 Å². The summed E-state index contributed by atoms with van der Waals surface area (Å²) in [6.45, 7) is 2.28. The molecule has 1 saturated heterocycles. The Bertz CT molecular complexity index is 722. The minimum absolute atomic E-state index is 0. The number of carbonyl (C=O) groups excluding carboxylic acids is 2. The molecule has 1 aliphatic heterocycles. The van der Waals surface area contributed by atoms with Crippen LogP contribution < -0.4 is 16.0 Å². The summed E-state index contributed by atoms with van der Waals surface area (Å²) < 4.78 is 0. The molecular weight excluding hydrogens is 348 g/mol. The Morgan fingerprint density at radius 1 is 1.42 bits per heavy atom. The topological polar surface area (TPSA) is 88.3 Å². The van der Waals surface area contributed by atoms with E-state index in [0.717, 1.165) is 5.69 Å². The summed E-state index contributed by atoms with van der Waals surface area (Å²) in [5.41, 5.74) is 6.67. The lowest BCUT2D eigenvalue weighted by atomic mass is 10.2. The first-order valence-corrected chi connectivity index (χ1v) is 8.31. The van der Waals surface area contributed by atoms with Crippen LogP contribution >= 0.6 is 23.7 Å². The van der Waals surface area contributed by atoms with E-state index in [9.17, 15) is 9.59 Å². The average molecular weight is 367 g/mol. The molecule has 0 bridgehead atoms. The van der Waals surface area contributed by atoms with Crippen molar-refractivity contribution in [3.05, 3.63) is 46.4 Å². The third kappa shape index (κ3) is 3.58. The Balaban J connectivity index is 0.00000208. The minimum atomic E-state index is -0.527. The van der Waals surface area contributed by atoms with Crippen molar-refractivity contribution in [2.45, 2.75) is 32.0 Å². The van der Waals surface area contributed by atoms with E-state index in [1.54, 1.807) is 10.3 Å². The van der Waals surface area contributed by atoms with Gasteiger partial charge in [0.1, 0.15) is 16.7 Å². The van der Waals surface area contributed by atoms with Gasteiger partial charge < -0.3 is 16.0 Å². The van der Waals surface area contributed by atoms with Gasteiger partial charge in [0.15, 0.2) is 0 Å². The van der Waals surface area contributed by atoms with Gasteiger partial charge in [0.05, 0.1) is 0 Å². The van der Waals surface area contributed by atoms with Crippen LogP contribution in [0.15, 0.2) is 35.7 Å². The van der Waals surface area contributed by atoms with Crippen LogP contribution in [0.3, 0.4) is 0 Å². The molecule has 0 spiro atoms. The van der Waals surface area contributed by atoms with Gasteiger partial charge >= 0.3 is 0 Å². The maximum Gasteiger partial charge on any atom is 0.271 e. The van der Waals surface area contributed by atoms with Crippen LogP contribution in [0.25, 0.3) is 0 Å². The predicted molar refractivity (Wildman–Crippen MR) is 96.5 cm³/mol. The van der Waals surface area contributed by atoms with E-state index in [1.807, 2.05) is 37.3 Å². The smallest absolute Gasteiger partial charge is 0.271 e. The molecule has 2 amide bonds. The molecule has 24 heavy (non-hydrogen) atoms. The Morgan fingerprint density at radius 2 is 2.12 bits per heavy atom. The van der Waals surface area contributed by atoms with Crippen LogP contribution in [0.4, 0.5) is 5.69 Å². The summed E-state index contributed by atoms with van der Waals surface area (Å²) in [6.07, 6.45) is 0.577. The molecule has 2 unspecified atom stereocenters. The lowest BCUT2D eigenvalue weighted by molar-refractivity contribution is -0.118. The first-order valence-electron chi connectivity index (χ1n) is 7.43. The quantitative estimate of drug-likeness (QED) is 0.865. The molecule has 2 atom stereocenters. The van der Waals surface area contributed by atoms with Crippen LogP contribution in [0, 0.1) is 0 Å². The highest BCUT2D eigenvalue weighted by Gasteiger charge is 2.39. The molecule has 2 aromatic rings. The summed E-state index contributed by atoms with van der Waals surface area (Å²) in [4.78, 5) is 30.7. The van der Waals surface area contributed by atoms with Gasteiger partial charge in [-0.25, -0.2) is 4.98 Å². The van der Waals surface area contributed by atoms with Crippen molar-refractivity contribution >= 4 is 41.2 Å². The molecule has 128 valence electrons. The first kappa shape index (κ1) is 18.4. The van der Waals surface area contributed by atoms with Crippen molar-refractivity contribution in [3.63, 3.8) is 0 Å². The van der Waals surface area contributed by atoms with Crippen molar-refractivity contribution in [2.24, 2.45) is 5.73 Å². The second-order valence-electron chi connectivity index (χ2n) is 5.49. The number of nitrogens with zero attached hydrogens (tertiary/aromatic N) is 2. The molecule has 3 N–H and O–H groups in total. The lowest BCUT2D eigenvalue weighted by Crippen LogP contribution is -2.42. The summed E-state index contributed by atoms with van der Waals surface area (Å²) in [5, 5.41) is 5.15. The second kappa shape index (κ2) is 7.74. The van der Waals surface area contributed by atoms with E-state index in [2.05, 4.69) is 10.3 Å². The fourth-order valence-corrected chi connectivity index (χ4v) is 3.42. The van der Waals surface area contributed by atoms with Crippen molar-refractivity contribution in [2.75, 3.05) is 4.90 Å². The number of benzene rings is 1. The maximum atomic E-state index is 12.6. The van der Waals surface area contributed by atoms with E-state index < -0.39 is 6.04 Å². The van der Waals surface area contributed by atoms with Gasteiger partial charge in [0, 0.05) is 23.7 Å².